The van der Waals surface area contributed by atoms with Crippen molar-refractivity contribution in [3.05, 3.63) is 35.8 Å². The van der Waals surface area contributed by atoms with Crippen molar-refractivity contribution in [1.82, 2.24) is 19.8 Å². The fourth-order valence-electron chi connectivity index (χ4n) is 2.29. The van der Waals surface area contributed by atoms with Gasteiger partial charge >= 0.3 is 0 Å². The summed E-state index contributed by atoms with van der Waals surface area (Å²) in [6.07, 6.45) is 2.06. The van der Waals surface area contributed by atoms with E-state index in [-0.39, 0.29) is 0 Å². The molecule has 1 aliphatic rings. The zero-order valence-electron chi connectivity index (χ0n) is 10.6. The molecule has 2 aromatic heterocycles. The standard InChI is InChI=1S/C13H18N4O/c1-11-12(10-14-16-6-8-18-9-7-16)17-5-3-2-4-13(17)15-11/h2-5,14H,6-10H2,1H3. The molecule has 0 saturated carbocycles. The van der Waals surface area contributed by atoms with Crippen LogP contribution < -0.4 is 5.43 Å². The van der Waals surface area contributed by atoms with E-state index in [4.69, 9.17) is 4.74 Å². The van der Waals surface area contributed by atoms with Crippen LogP contribution in [-0.4, -0.2) is 40.7 Å². The van der Waals surface area contributed by atoms with Crippen LogP contribution in [0.1, 0.15) is 11.4 Å². The molecular weight excluding hydrogens is 228 g/mol. The number of imidazole rings is 1. The fraction of sp³-hybridized carbons (Fsp3) is 0.462. The maximum absolute atomic E-state index is 5.33. The number of nitrogens with one attached hydrogen (secondary N) is 1. The van der Waals surface area contributed by atoms with Crippen molar-refractivity contribution >= 4 is 5.65 Å². The highest BCUT2D eigenvalue weighted by atomic mass is 16.5. The molecule has 1 N–H and O–H groups in total. The summed E-state index contributed by atoms with van der Waals surface area (Å²) in [6, 6.07) is 6.08. The van der Waals surface area contributed by atoms with Crippen molar-refractivity contribution in [2.24, 2.45) is 0 Å². The van der Waals surface area contributed by atoms with Crippen molar-refractivity contribution in [3.8, 4) is 0 Å². The number of hydrogen-bond acceptors (Lipinski definition) is 4. The molecule has 96 valence electrons. The average Bonchev–Trinajstić information content (AvgIpc) is 2.73. The molecule has 1 fully saturated rings. The van der Waals surface area contributed by atoms with Crippen LogP contribution in [0.2, 0.25) is 0 Å². The monoisotopic (exact) mass is 246 g/mol. The number of nitrogens with zero attached hydrogens (tertiary/aromatic N) is 3. The quantitative estimate of drug-likeness (QED) is 0.876. The largest absolute Gasteiger partial charge is 0.379 e. The van der Waals surface area contributed by atoms with Gasteiger partial charge in [0.05, 0.1) is 31.1 Å². The molecule has 0 amide bonds. The topological polar surface area (TPSA) is 41.8 Å². The summed E-state index contributed by atoms with van der Waals surface area (Å²) >= 11 is 0. The van der Waals surface area contributed by atoms with Crippen LogP contribution in [0.4, 0.5) is 0 Å². The van der Waals surface area contributed by atoms with Gasteiger partial charge in [-0.2, -0.15) is 0 Å². The molecule has 0 spiro atoms. The van der Waals surface area contributed by atoms with Crippen LogP contribution in [-0.2, 0) is 11.3 Å². The molecule has 5 heteroatoms. The highest BCUT2D eigenvalue weighted by Crippen LogP contribution is 2.11. The lowest BCUT2D eigenvalue weighted by atomic mass is 10.3. The molecule has 0 atom stereocenters. The molecule has 3 rings (SSSR count). The van der Waals surface area contributed by atoms with Crippen molar-refractivity contribution < 1.29 is 4.74 Å². The van der Waals surface area contributed by atoms with E-state index < -0.39 is 0 Å². The van der Waals surface area contributed by atoms with Gasteiger partial charge in [-0.1, -0.05) is 6.07 Å². The van der Waals surface area contributed by atoms with E-state index in [0.717, 1.165) is 44.2 Å². The first-order chi connectivity index (χ1) is 8.84. The summed E-state index contributed by atoms with van der Waals surface area (Å²) in [4.78, 5) is 4.56. The highest BCUT2D eigenvalue weighted by molar-refractivity contribution is 5.42. The van der Waals surface area contributed by atoms with Crippen molar-refractivity contribution in [1.29, 1.82) is 0 Å². The van der Waals surface area contributed by atoms with E-state index in [0.29, 0.717) is 0 Å². The molecular formula is C13H18N4O. The van der Waals surface area contributed by atoms with Crippen LogP contribution >= 0.6 is 0 Å². The molecule has 1 saturated heterocycles. The van der Waals surface area contributed by atoms with E-state index in [1.54, 1.807) is 0 Å². The molecule has 0 aromatic carbocycles. The second-order valence-corrected chi connectivity index (χ2v) is 4.51. The maximum atomic E-state index is 5.33. The van der Waals surface area contributed by atoms with Crippen LogP contribution in [0.15, 0.2) is 24.4 Å². The van der Waals surface area contributed by atoms with E-state index in [1.165, 1.54) is 5.69 Å². The van der Waals surface area contributed by atoms with Crippen LogP contribution in [0, 0.1) is 6.92 Å². The Morgan fingerprint density at radius 3 is 3.00 bits per heavy atom. The van der Waals surface area contributed by atoms with Gasteiger partial charge in [-0.05, 0) is 19.1 Å². The zero-order chi connectivity index (χ0) is 12.4. The third kappa shape index (κ3) is 2.25. The summed E-state index contributed by atoms with van der Waals surface area (Å²) < 4.78 is 7.47. The van der Waals surface area contributed by atoms with Gasteiger partial charge in [0.2, 0.25) is 0 Å². The SMILES string of the molecule is Cc1nc2ccccn2c1CNN1CCOCC1. The Bertz CT molecular complexity index is 531. The third-order valence-corrected chi connectivity index (χ3v) is 3.31. The number of aromatic nitrogens is 2. The first-order valence-electron chi connectivity index (χ1n) is 6.33. The third-order valence-electron chi connectivity index (χ3n) is 3.31. The number of fused-ring (bicyclic) bond motifs is 1. The van der Waals surface area contributed by atoms with Gasteiger partial charge in [-0.25, -0.2) is 15.4 Å². The Hall–Kier alpha value is -1.43. The van der Waals surface area contributed by atoms with E-state index >= 15 is 0 Å². The van der Waals surface area contributed by atoms with Crippen LogP contribution in [0.5, 0.6) is 0 Å². The maximum Gasteiger partial charge on any atom is 0.137 e. The van der Waals surface area contributed by atoms with Gasteiger partial charge in [0.1, 0.15) is 5.65 Å². The Balaban J connectivity index is 1.75. The zero-order valence-corrected chi connectivity index (χ0v) is 10.6. The first-order valence-corrected chi connectivity index (χ1v) is 6.33. The number of hydrogen-bond donors (Lipinski definition) is 1. The molecule has 0 unspecified atom stereocenters. The minimum Gasteiger partial charge on any atom is -0.379 e. The highest BCUT2D eigenvalue weighted by Gasteiger charge is 2.12. The second-order valence-electron chi connectivity index (χ2n) is 4.51. The lowest BCUT2D eigenvalue weighted by Crippen LogP contribution is -2.45. The van der Waals surface area contributed by atoms with E-state index in [9.17, 15) is 0 Å². The number of morpholine rings is 1. The Labute approximate surface area is 106 Å². The summed E-state index contributed by atoms with van der Waals surface area (Å²) in [5, 5.41) is 2.21. The van der Waals surface area contributed by atoms with Crippen LogP contribution in [0.3, 0.4) is 0 Å². The minimum atomic E-state index is 0.803. The van der Waals surface area contributed by atoms with Gasteiger partial charge in [0, 0.05) is 19.3 Å². The van der Waals surface area contributed by atoms with Crippen molar-refractivity contribution in [2.45, 2.75) is 13.5 Å². The number of ether oxygens (including phenoxy) is 1. The molecule has 3 heterocycles. The molecule has 0 radical (unpaired) electrons. The second kappa shape index (κ2) is 5.06. The first kappa shape index (κ1) is 11.6. The van der Waals surface area contributed by atoms with Crippen molar-refractivity contribution in [3.63, 3.8) is 0 Å². The summed E-state index contributed by atoms with van der Waals surface area (Å²) in [6.45, 7) is 6.35. The molecule has 18 heavy (non-hydrogen) atoms. The summed E-state index contributed by atoms with van der Waals surface area (Å²) in [5.41, 5.74) is 6.76. The van der Waals surface area contributed by atoms with E-state index in [1.807, 2.05) is 18.2 Å². The molecule has 2 aromatic rings. The summed E-state index contributed by atoms with van der Waals surface area (Å²) in [7, 11) is 0. The predicted molar refractivity (Wildman–Crippen MR) is 69.2 cm³/mol. The van der Waals surface area contributed by atoms with Crippen molar-refractivity contribution in [2.75, 3.05) is 26.3 Å². The minimum absolute atomic E-state index is 0.803. The Morgan fingerprint density at radius 1 is 1.33 bits per heavy atom. The number of hydrazine groups is 1. The van der Waals surface area contributed by atoms with E-state index in [2.05, 4.69) is 32.9 Å². The number of aryl methyl sites for hydroxylation is 1. The Morgan fingerprint density at radius 2 is 2.17 bits per heavy atom. The fourth-order valence-corrected chi connectivity index (χ4v) is 2.29. The molecule has 5 nitrogen and oxygen atoms in total. The number of pyridine rings is 1. The Kier molecular flexibility index (Phi) is 3.27. The smallest absolute Gasteiger partial charge is 0.137 e. The van der Waals surface area contributed by atoms with Gasteiger partial charge in [-0.15, -0.1) is 0 Å². The lowest BCUT2D eigenvalue weighted by Gasteiger charge is -2.27. The van der Waals surface area contributed by atoms with Gasteiger partial charge in [0.15, 0.2) is 0 Å². The summed E-state index contributed by atoms with van der Waals surface area (Å²) in [5.74, 6) is 0. The normalized spacial score (nSPS) is 17.4. The predicted octanol–water partition coefficient (Wildman–Crippen LogP) is 0.980. The average molecular weight is 246 g/mol. The van der Waals surface area contributed by atoms with Crippen LogP contribution in [0.25, 0.3) is 5.65 Å². The number of rotatable bonds is 3. The van der Waals surface area contributed by atoms with Gasteiger partial charge in [0.25, 0.3) is 0 Å². The van der Waals surface area contributed by atoms with Gasteiger partial charge < -0.3 is 9.14 Å². The lowest BCUT2D eigenvalue weighted by molar-refractivity contribution is 0.0103. The molecule has 0 bridgehead atoms. The van der Waals surface area contributed by atoms with Gasteiger partial charge in [-0.3, -0.25) is 0 Å². The molecule has 0 aliphatic carbocycles. The molecule has 1 aliphatic heterocycles.